The van der Waals surface area contributed by atoms with Crippen LogP contribution in [0.1, 0.15) is 35.1 Å². The lowest BCUT2D eigenvalue weighted by Gasteiger charge is -2.16. The summed E-state index contributed by atoms with van der Waals surface area (Å²) in [5.41, 5.74) is 5.18. The quantitative estimate of drug-likeness (QED) is 0.738. The van der Waals surface area contributed by atoms with Crippen molar-refractivity contribution in [1.82, 2.24) is 0 Å². The van der Waals surface area contributed by atoms with E-state index < -0.39 is 0 Å². The van der Waals surface area contributed by atoms with Crippen LogP contribution in [0.5, 0.6) is 0 Å². The van der Waals surface area contributed by atoms with E-state index in [0.717, 1.165) is 0 Å². The zero-order valence-corrected chi connectivity index (χ0v) is 8.89. The zero-order chi connectivity index (χ0) is 10.0. The fraction of sp³-hybridized carbons (Fsp3) is 0.500. The highest BCUT2D eigenvalue weighted by Gasteiger charge is 2.10. The minimum atomic E-state index is 0.227. The Balaban J connectivity index is 3.20. The topological polar surface area (TPSA) is 20.2 Å². The molecule has 0 saturated carbocycles. The molecule has 1 rings (SSSR count). The molecule has 0 aliphatic carbocycles. The lowest BCUT2D eigenvalue weighted by molar-refractivity contribution is 0.272. The van der Waals surface area contributed by atoms with E-state index in [4.69, 9.17) is 5.11 Å². The number of aliphatic hydroxyl groups is 1. The smallest absolute Gasteiger partial charge is 0.0497 e. The Morgan fingerprint density at radius 2 is 1.62 bits per heavy atom. The summed E-state index contributed by atoms with van der Waals surface area (Å²) in [6, 6.07) is 4.35. The molecule has 1 heteroatoms. The normalized spacial score (nSPS) is 13.0. The molecule has 1 atom stereocenters. The Morgan fingerprint density at radius 3 is 2.00 bits per heavy atom. The molecule has 72 valence electrons. The average molecular weight is 178 g/mol. The molecular formula is C12H18O. The second kappa shape index (κ2) is 3.93. The first-order valence-corrected chi connectivity index (χ1v) is 4.75. The third-order valence-corrected chi connectivity index (χ3v) is 2.50. The van der Waals surface area contributed by atoms with Crippen LogP contribution in [0.15, 0.2) is 12.1 Å². The van der Waals surface area contributed by atoms with Gasteiger partial charge in [-0.25, -0.2) is 0 Å². The molecule has 0 aliphatic heterocycles. The van der Waals surface area contributed by atoms with E-state index in [1.807, 2.05) is 0 Å². The van der Waals surface area contributed by atoms with Gasteiger partial charge in [-0.3, -0.25) is 0 Å². The van der Waals surface area contributed by atoms with Gasteiger partial charge < -0.3 is 5.11 Å². The van der Waals surface area contributed by atoms with Gasteiger partial charge in [-0.1, -0.05) is 24.6 Å². The first-order valence-electron chi connectivity index (χ1n) is 4.75. The van der Waals surface area contributed by atoms with Crippen LogP contribution >= 0.6 is 0 Å². The standard InChI is InChI=1S/C12H18O/c1-8-5-9(2)12(10(3)6-8)11(4)7-13/h5-6,11,13H,7H2,1-4H3/t11-/m0/s1. The van der Waals surface area contributed by atoms with Crippen molar-refractivity contribution in [2.24, 2.45) is 0 Å². The van der Waals surface area contributed by atoms with Gasteiger partial charge in [0.25, 0.3) is 0 Å². The number of rotatable bonds is 2. The van der Waals surface area contributed by atoms with E-state index in [1.165, 1.54) is 22.3 Å². The third-order valence-electron chi connectivity index (χ3n) is 2.50. The van der Waals surface area contributed by atoms with Crippen LogP contribution in [0.2, 0.25) is 0 Å². The molecule has 0 spiro atoms. The number of hydrogen-bond acceptors (Lipinski definition) is 1. The maximum atomic E-state index is 9.11. The Hall–Kier alpha value is -0.820. The van der Waals surface area contributed by atoms with Crippen LogP contribution in [0, 0.1) is 20.8 Å². The van der Waals surface area contributed by atoms with Crippen LogP contribution in [0.4, 0.5) is 0 Å². The number of hydrogen-bond donors (Lipinski definition) is 1. The summed E-state index contributed by atoms with van der Waals surface area (Å²) in [5.74, 6) is 0.251. The Labute approximate surface area is 80.4 Å². The van der Waals surface area contributed by atoms with E-state index in [9.17, 15) is 0 Å². The predicted molar refractivity (Wildman–Crippen MR) is 56.2 cm³/mol. The van der Waals surface area contributed by atoms with Gasteiger partial charge in [-0.15, -0.1) is 0 Å². The third kappa shape index (κ3) is 2.10. The van der Waals surface area contributed by atoms with Crippen molar-refractivity contribution < 1.29 is 5.11 Å². The minimum Gasteiger partial charge on any atom is -0.396 e. The van der Waals surface area contributed by atoms with Crippen molar-refractivity contribution in [3.05, 3.63) is 34.4 Å². The summed E-state index contributed by atoms with van der Waals surface area (Å²) in [6.07, 6.45) is 0. The minimum absolute atomic E-state index is 0.227. The molecule has 0 unspecified atom stereocenters. The largest absolute Gasteiger partial charge is 0.396 e. The Kier molecular flexibility index (Phi) is 3.10. The fourth-order valence-electron chi connectivity index (χ4n) is 2.06. The van der Waals surface area contributed by atoms with Gasteiger partial charge in [0.05, 0.1) is 0 Å². The molecule has 0 aliphatic rings. The maximum absolute atomic E-state index is 9.11. The molecule has 0 amide bonds. The molecular weight excluding hydrogens is 160 g/mol. The van der Waals surface area contributed by atoms with Gasteiger partial charge in [0, 0.05) is 12.5 Å². The van der Waals surface area contributed by atoms with Crippen LogP contribution in [0.25, 0.3) is 0 Å². The molecule has 0 bridgehead atoms. The first-order chi connectivity index (χ1) is 6.06. The van der Waals surface area contributed by atoms with Crippen LogP contribution in [0.3, 0.4) is 0 Å². The molecule has 1 aromatic carbocycles. The Bertz CT molecular complexity index is 279. The van der Waals surface area contributed by atoms with Crippen molar-refractivity contribution in [1.29, 1.82) is 0 Å². The van der Waals surface area contributed by atoms with Gasteiger partial charge >= 0.3 is 0 Å². The molecule has 0 heterocycles. The number of aliphatic hydroxyl groups excluding tert-OH is 1. The fourth-order valence-corrected chi connectivity index (χ4v) is 2.06. The summed E-state index contributed by atoms with van der Waals surface area (Å²) in [5, 5.41) is 9.11. The second-order valence-electron chi connectivity index (χ2n) is 3.90. The van der Waals surface area contributed by atoms with E-state index in [0.29, 0.717) is 0 Å². The van der Waals surface area contributed by atoms with Crippen molar-refractivity contribution in [2.45, 2.75) is 33.6 Å². The van der Waals surface area contributed by atoms with E-state index in [2.05, 4.69) is 39.8 Å². The van der Waals surface area contributed by atoms with E-state index >= 15 is 0 Å². The average Bonchev–Trinajstić information content (AvgIpc) is 2.02. The molecule has 1 nitrogen and oxygen atoms in total. The van der Waals surface area contributed by atoms with Gasteiger partial charge in [-0.2, -0.15) is 0 Å². The van der Waals surface area contributed by atoms with Gasteiger partial charge in [0.2, 0.25) is 0 Å². The highest BCUT2D eigenvalue weighted by molar-refractivity contribution is 5.39. The summed E-state index contributed by atoms with van der Waals surface area (Å²) >= 11 is 0. The summed E-state index contributed by atoms with van der Waals surface area (Å²) < 4.78 is 0. The monoisotopic (exact) mass is 178 g/mol. The highest BCUT2D eigenvalue weighted by Crippen LogP contribution is 2.24. The van der Waals surface area contributed by atoms with E-state index in [-0.39, 0.29) is 12.5 Å². The van der Waals surface area contributed by atoms with Crippen molar-refractivity contribution in [3.63, 3.8) is 0 Å². The maximum Gasteiger partial charge on any atom is 0.0497 e. The second-order valence-corrected chi connectivity index (χ2v) is 3.90. The molecule has 1 aromatic rings. The molecule has 0 fully saturated rings. The van der Waals surface area contributed by atoms with E-state index in [1.54, 1.807) is 0 Å². The van der Waals surface area contributed by atoms with Crippen molar-refractivity contribution in [2.75, 3.05) is 6.61 Å². The van der Waals surface area contributed by atoms with Crippen LogP contribution < -0.4 is 0 Å². The first kappa shape index (κ1) is 10.3. The Morgan fingerprint density at radius 1 is 1.15 bits per heavy atom. The van der Waals surface area contributed by atoms with Crippen LogP contribution in [-0.4, -0.2) is 11.7 Å². The van der Waals surface area contributed by atoms with Gasteiger partial charge in [0.1, 0.15) is 0 Å². The van der Waals surface area contributed by atoms with Gasteiger partial charge in [-0.05, 0) is 37.5 Å². The molecule has 1 N–H and O–H groups in total. The van der Waals surface area contributed by atoms with Gasteiger partial charge in [0.15, 0.2) is 0 Å². The summed E-state index contributed by atoms with van der Waals surface area (Å²) in [6.45, 7) is 8.62. The predicted octanol–water partition coefficient (Wildman–Crippen LogP) is 2.71. The van der Waals surface area contributed by atoms with Crippen molar-refractivity contribution in [3.8, 4) is 0 Å². The number of benzene rings is 1. The van der Waals surface area contributed by atoms with Crippen LogP contribution in [-0.2, 0) is 0 Å². The molecule has 0 saturated heterocycles. The molecule has 13 heavy (non-hydrogen) atoms. The zero-order valence-electron chi connectivity index (χ0n) is 8.89. The summed E-state index contributed by atoms with van der Waals surface area (Å²) in [7, 11) is 0. The molecule has 0 radical (unpaired) electrons. The lowest BCUT2D eigenvalue weighted by atomic mass is 9.91. The summed E-state index contributed by atoms with van der Waals surface area (Å²) in [4.78, 5) is 0. The number of aryl methyl sites for hydroxylation is 3. The highest BCUT2D eigenvalue weighted by atomic mass is 16.3. The lowest BCUT2D eigenvalue weighted by Crippen LogP contribution is -2.04. The molecule has 0 aromatic heterocycles. The SMILES string of the molecule is Cc1cc(C)c([C@@H](C)CO)c(C)c1. The van der Waals surface area contributed by atoms with Crippen molar-refractivity contribution >= 4 is 0 Å².